The Morgan fingerprint density at radius 2 is 2.00 bits per heavy atom. The molecule has 1 saturated carbocycles. The summed E-state index contributed by atoms with van der Waals surface area (Å²) in [6, 6.07) is 1.55. The van der Waals surface area contributed by atoms with E-state index in [1.54, 1.807) is 6.07 Å². The predicted octanol–water partition coefficient (Wildman–Crippen LogP) is 3.42. The number of hydrogen-bond acceptors (Lipinski definition) is 4. The van der Waals surface area contributed by atoms with Crippen molar-refractivity contribution in [3.8, 4) is 11.5 Å². The summed E-state index contributed by atoms with van der Waals surface area (Å²) in [6.07, 6.45) is 4.65. The van der Waals surface area contributed by atoms with Crippen molar-refractivity contribution in [2.45, 2.75) is 18.8 Å². The van der Waals surface area contributed by atoms with Crippen LogP contribution < -0.4 is 0 Å². The molecule has 0 amide bonds. The van der Waals surface area contributed by atoms with E-state index in [9.17, 15) is 4.79 Å². The van der Waals surface area contributed by atoms with Gasteiger partial charge in [-0.3, -0.25) is 0 Å². The molecule has 2 aromatic rings. The van der Waals surface area contributed by atoms with Gasteiger partial charge in [-0.2, -0.15) is 0 Å². The molecule has 0 radical (unpaired) electrons. The van der Waals surface area contributed by atoms with Crippen molar-refractivity contribution in [3.05, 3.63) is 39.8 Å². The maximum absolute atomic E-state index is 11.2. The van der Waals surface area contributed by atoms with Crippen LogP contribution in [0.15, 0.2) is 18.5 Å². The Morgan fingerprint density at radius 3 is 2.60 bits per heavy atom. The third kappa shape index (κ3) is 2.46. The maximum Gasteiger partial charge on any atom is 0.339 e. The van der Waals surface area contributed by atoms with Crippen LogP contribution in [0.1, 0.15) is 34.8 Å². The molecule has 20 heavy (non-hydrogen) atoms. The maximum atomic E-state index is 11.2. The molecule has 0 spiro atoms. The van der Waals surface area contributed by atoms with E-state index in [0.29, 0.717) is 27.3 Å². The van der Waals surface area contributed by atoms with Crippen LogP contribution in [0.2, 0.25) is 10.0 Å². The lowest BCUT2D eigenvalue weighted by Gasteiger charge is -2.07. The monoisotopic (exact) mass is 309 g/mol. The van der Waals surface area contributed by atoms with Crippen LogP contribution in [-0.2, 0) is 0 Å². The number of hydrogen-bond donors (Lipinski definition) is 1. The van der Waals surface area contributed by atoms with Crippen molar-refractivity contribution in [2.75, 3.05) is 0 Å². The molecule has 0 aliphatic heterocycles. The van der Waals surface area contributed by atoms with Crippen LogP contribution in [0.5, 0.6) is 0 Å². The zero-order valence-electron chi connectivity index (χ0n) is 10.2. The normalized spacial score (nSPS) is 14.3. The van der Waals surface area contributed by atoms with Gasteiger partial charge in [-0.15, -0.1) is 0 Å². The number of aromatic carboxylic acids is 1. The van der Waals surface area contributed by atoms with E-state index in [-0.39, 0.29) is 11.5 Å². The van der Waals surface area contributed by atoms with Gasteiger partial charge in [-0.1, -0.05) is 23.2 Å². The SMILES string of the molecule is O=C(O)c1cnc(-c2ncc(Cl)cc2Cl)nc1C1CC1. The molecule has 5 nitrogen and oxygen atoms in total. The van der Waals surface area contributed by atoms with Crippen LogP contribution in [-0.4, -0.2) is 26.0 Å². The van der Waals surface area contributed by atoms with Gasteiger partial charge < -0.3 is 5.11 Å². The zero-order valence-corrected chi connectivity index (χ0v) is 11.7. The van der Waals surface area contributed by atoms with Gasteiger partial charge in [0.25, 0.3) is 0 Å². The van der Waals surface area contributed by atoms with Crippen molar-refractivity contribution in [2.24, 2.45) is 0 Å². The second kappa shape index (κ2) is 5.00. The topological polar surface area (TPSA) is 76.0 Å². The van der Waals surface area contributed by atoms with Crippen molar-refractivity contribution in [1.29, 1.82) is 0 Å². The molecule has 1 N–H and O–H groups in total. The van der Waals surface area contributed by atoms with E-state index in [1.165, 1.54) is 12.4 Å². The molecule has 0 atom stereocenters. The van der Waals surface area contributed by atoms with E-state index >= 15 is 0 Å². The Morgan fingerprint density at radius 1 is 1.25 bits per heavy atom. The summed E-state index contributed by atoms with van der Waals surface area (Å²) >= 11 is 11.9. The molecule has 3 rings (SSSR count). The van der Waals surface area contributed by atoms with Crippen LogP contribution in [0.25, 0.3) is 11.5 Å². The van der Waals surface area contributed by atoms with Gasteiger partial charge in [0.15, 0.2) is 5.82 Å². The molecule has 0 saturated heterocycles. The fourth-order valence-electron chi connectivity index (χ4n) is 1.92. The molecule has 102 valence electrons. The molecule has 1 aliphatic rings. The fraction of sp³-hybridized carbons (Fsp3) is 0.231. The summed E-state index contributed by atoms with van der Waals surface area (Å²) in [6.45, 7) is 0. The molecule has 0 aromatic carbocycles. The average Bonchev–Trinajstić information content (AvgIpc) is 3.22. The van der Waals surface area contributed by atoms with E-state index in [0.717, 1.165) is 12.8 Å². The highest BCUT2D eigenvalue weighted by Gasteiger charge is 2.30. The summed E-state index contributed by atoms with van der Waals surface area (Å²) < 4.78 is 0. The number of carbonyl (C=O) groups is 1. The summed E-state index contributed by atoms with van der Waals surface area (Å²) in [5, 5.41) is 9.91. The molecule has 1 aliphatic carbocycles. The number of halogens is 2. The number of nitrogens with zero attached hydrogens (tertiary/aromatic N) is 3. The highest BCUT2D eigenvalue weighted by Crippen LogP contribution is 2.41. The van der Waals surface area contributed by atoms with E-state index < -0.39 is 5.97 Å². The van der Waals surface area contributed by atoms with Crippen LogP contribution in [0, 0.1) is 0 Å². The summed E-state index contributed by atoms with van der Waals surface area (Å²) in [5.41, 5.74) is 1.09. The lowest BCUT2D eigenvalue weighted by molar-refractivity contribution is 0.0694. The van der Waals surface area contributed by atoms with Gasteiger partial charge in [0.2, 0.25) is 0 Å². The number of carboxylic acids is 1. The van der Waals surface area contributed by atoms with Crippen LogP contribution >= 0.6 is 23.2 Å². The molecule has 0 bridgehead atoms. The minimum Gasteiger partial charge on any atom is -0.478 e. The fourth-order valence-corrected chi connectivity index (χ4v) is 2.39. The smallest absolute Gasteiger partial charge is 0.339 e. The minimum absolute atomic E-state index is 0.140. The van der Waals surface area contributed by atoms with E-state index in [4.69, 9.17) is 28.3 Å². The zero-order chi connectivity index (χ0) is 14.3. The van der Waals surface area contributed by atoms with Crippen LogP contribution in [0.4, 0.5) is 0 Å². The van der Waals surface area contributed by atoms with Gasteiger partial charge in [0, 0.05) is 18.3 Å². The number of carboxylic acid groups (broad SMARTS) is 1. The van der Waals surface area contributed by atoms with E-state index in [2.05, 4.69) is 15.0 Å². The summed E-state index contributed by atoms with van der Waals surface area (Å²) in [4.78, 5) is 23.7. The molecule has 2 aromatic heterocycles. The third-order valence-electron chi connectivity index (χ3n) is 3.03. The lowest BCUT2D eigenvalue weighted by Crippen LogP contribution is -2.07. The van der Waals surface area contributed by atoms with Crippen molar-refractivity contribution in [1.82, 2.24) is 15.0 Å². The lowest BCUT2D eigenvalue weighted by atomic mass is 10.1. The standard InChI is InChI=1S/C13H9Cl2N3O2/c14-7-3-9(15)11(16-4-7)12-17-5-8(13(19)20)10(18-12)6-1-2-6/h3-6H,1-2H2,(H,19,20). The van der Waals surface area contributed by atoms with Gasteiger partial charge in [-0.05, 0) is 18.9 Å². The number of aromatic nitrogens is 3. The molecule has 2 heterocycles. The average molecular weight is 310 g/mol. The Hall–Kier alpha value is -1.72. The quantitative estimate of drug-likeness (QED) is 0.940. The summed E-state index contributed by atoms with van der Waals surface area (Å²) in [7, 11) is 0. The van der Waals surface area contributed by atoms with Gasteiger partial charge in [-0.25, -0.2) is 19.7 Å². The first-order chi connectivity index (χ1) is 9.56. The minimum atomic E-state index is -1.02. The van der Waals surface area contributed by atoms with Crippen molar-refractivity contribution < 1.29 is 9.90 Å². The Bertz CT molecular complexity index is 702. The number of rotatable bonds is 3. The highest BCUT2D eigenvalue weighted by atomic mass is 35.5. The Balaban J connectivity index is 2.10. The molecular formula is C13H9Cl2N3O2. The van der Waals surface area contributed by atoms with Gasteiger partial charge in [0.05, 0.1) is 21.3 Å². The first kappa shape index (κ1) is 13.3. The Labute approximate surface area is 124 Å². The van der Waals surface area contributed by atoms with E-state index in [1.807, 2.05) is 0 Å². The summed E-state index contributed by atoms with van der Waals surface area (Å²) in [5.74, 6) is -0.513. The Kier molecular flexibility index (Phi) is 3.31. The van der Waals surface area contributed by atoms with Crippen LogP contribution in [0.3, 0.4) is 0 Å². The first-order valence-electron chi connectivity index (χ1n) is 5.98. The molecule has 7 heteroatoms. The highest BCUT2D eigenvalue weighted by molar-refractivity contribution is 6.35. The molecule has 0 unspecified atom stereocenters. The predicted molar refractivity (Wildman–Crippen MR) is 74.2 cm³/mol. The van der Waals surface area contributed by atoms with Crippen molar-refractivity contribution >= 4 is 29.2 Å². The molecular weight excluding hydrogens is 301 g/mol. The number of pyridine rings is 1. The van der Waals surface area contributed by atoms with Gasteiger partial charge >= 0.3 is 5.97 Å². The van der Waals surface area contributed by atoms with Gasteiger partial charge in [0.1, 0.15) is 5.69 Å². The second-order valence-corrected chi connectivity index (χ2v) is 5.40. The first-order valence-corrected chi connectivity index (χ1v) is 6.73. The second-order valence-electron chi connectivity index (χ2n) is 4.56. The molecule has 1 fully saturated rings. The third-order valence-corrected chi connectivity index (χ3v) is 3.53. The largest absolute Gasteiger partial charge is 0.478 e. The van der Waals surface area contributed by atoms with Crippen molar-refractivity contribution in [3.63, 3.8) is 0 Å².